The number of aryl methyl sites for hydroxylation is 1. The third kappa shape index (κ3) is 4.71. The molecule has 28 heavy (non-hydrogen) atoms. The fourth-order valence-corrected chi connectivity index (χ4v) is 3.53. The zero-order valence-electron chi connectivity index (χ0n) is 15.3. The summed E-state index contributed by atoms with van der Waals surface area (Å²) in [6.45, 7) is 1.91. The van der Waals surface area contributed by atoms with Crippen LogP contribution in [-0.2, 0) is 9.53 Å². The molecule has 0 aliphatic carbocycles. The first-order valence-electron chi connectivity index (χ1n) is 8.44. The number of nitrogens with one attached hydrogen (secondary N) is 1. The third-order valence-corrected chi connectivity index (χ3v) is 5.16. The van der Waals surface area contributed by atoms with Crippen molar-refractivity contribution in [3.05, 3.63) is 81.0 Å². The Balaban J connectivity index is 1.87. The van der Waals surface area contributed by atoms with Crippen LogP contribution in [0.4, 0.5) is 5.69 Å². The van der Waals surface area contributed by atoms with Gasteiger partial charge in [0.15, 0.2) is 0 Å². The fourth-order valence-electron chi connectivity index (χ4n) is 2.61. The number of carbonyl (C=O) groups excluding carboxylic acids is 2. The molecule has 1 amide bonds. The summed E-state index contributed by atoms with van der Waals surface area (Å²) in [6, 6.07) is 17.4. The number of hydrogen-bond donors (Lipinski definition) is 1. The fraction of sp³-hybridized carbons (Fsp3) is 0.143. The van der Waals surface area contributed by atoms with E-state index in [1.807, 2.05) is 19.1 Å². The van der Waals surface area contributed by atoms with E-state index >= 15 is 0 Å². The van der Waals surface area contributed by atoms with E-state index in [9.17, 15) is 9.59 Å². The molecule has 7 heteroatoms. The van der Waals surface area contributed by atoms with Gasteiger partial charge >= 0.3 is 5.97 Å². The molecule has 1 atom stereocenters. The maximum absolute atomic E-state index is 13.0. The Morgan fingerprint density at radius 1 is 1.07 bits per heavy atom. The molecule has 1 heterocycles. The van der Waals surface area contributed by atoms with Gasteiger partial charge in [-0.2, -0.15) is 0 Å². The molecule has 0 radical (unpaired) electrons. The quantitative estimate of drug-likeness (QED) is 0.558. The summed E-state index contributed by atoms with van der Waals surface area (Å²) in [5, 5.41) is 2.80. The lowest BCUT2D eigenvalue weighted by atomic mass is 10.1. The van der Waals surface area contributed by atoms with Gasteiger partial charge in [-0.3, -0.25) is 4.79 Å². The second-order valence-electron chi connectivity index (χ2n) is 5.99. The van der Waals surface area contributed by atoms with Gasteiger partial charge in [0.2, 0.25) is 6.10 Å². The van der Waals surface area contributed by atoms with E-state index in [4.69, 9.17) is 21.1 Å². The second-order valence-corrected chi connectivity index (χ2v) is 7.71. The van der Waals surface area contributed by atoms with Crippen molar-refractivity contribution in [3.8, 4) is 5.75 Å². The molecular formula is C21H18ClNO4S. The lowest BCUT2D eigenvalue weighted by molar-refractivity contribution is -0.125. The SMILES string of the molecule is COc1ccc(C)cc1NC(=O)[C@@H](OC(=O)c1ccc(Cl)s1)c1ccccc1. The van der Waals surface area contributed by atoms with Crippen LogP contribution in [-0.4, -0.2) is 19.0 Å². The van der Waals surface area contributed by atoms with Crippen molar-refractivity contribution in [1.29, 1.82) is 0 Å². The Labute approximate surface area is 171 Å². The zero-order chi connectivity index (χ0) is 20.1. The molecule has 0 unspecified atom stereocenters. The van der Waals surface area contributed by atoms with Crippen LogP contribution < -0.4 is 10.1 Å². The highest BCUT2D eigenvalue weighted by Crippen LogP contribution is 2.29. The van der Waals surface area contributed by atoms with Gasteiger partial charge in [0.1, 0.15) is 10.6 Å². The van der Waals surface area contributed by atoms with E-state index in [2.05, 4.69) is 5.32 Å². The highest BCUT2D eigenvalue weighted by molar-refractivity contribution is 7.17. The van der Waals surface area contributed by atoms with Crippen molar-refractivity contribution in [2.75, 3.05) is 12.4 Å². The standard InChI is InChI=1S/C21H18ClNO4S/c1-13-8-9-16(26-2)15(12-13)23-20(24)19(14-6-4-3-5-7-14)27-21(25)17-10-11-18(22)28-17/h3-12,19H,1-2H3,(H,23,24)/t19-/m0/s1. The monoisotopic (exact) mass is 415 g/mol. The van der Waals surface area contributed by atoms with E-state index < -0.39 is 18.0 Å². The van der Waals surface area contributed by atoms with Gasteiger partial charge in [-0.05, 0) is 36.8 Å². The first kappa shape index (κ1) is 19.9. The number of anilines is 1. The van der Waals surface area contributed by atoms with Gasteiger partial charge in [0.25, 0.3) is 5.91 Å². The Kier molecular flexibility index (Phi) is 6.34. The predicted molar refractivity (Wildman–Crippen MR) is 110 cm³/mol. The number of methoxy groups -OCH3 is 1. The van der Waals surface area contributed by atoms with Crippen LogP contribution in [0.15, 0.2) is 60.7 Å². The summed E-state index contributed by atoms with van der Waals surface area (Å²) in [4.78, 5) is 25.8. The summed E-state index contributed by atoms with van der Waals surface area (Å²) < 4.78 is 11.3. The smallest absolute Gasteiger partial charge is 0.349 e. The van der Waals surface area contributed by atoms with Crippen molar-refractivity contribution in [1.82, 2.24) is 0 Å². The Morgan fingerprint density at radius 3 is 2.46 bits per heavy atom. The predicted octanol–water partition coefficient (Wildman–Crippen LogP) is 5.26. The third-order valence-electron chi connectivity index (χ3n) is 3.95. The van der Waals surface area contributed by atoms with Crippen LogP contribution in [0.1, 0.15) is 26.9 Å². The maximum atomic E-state index is 13.0. The summed E-state index contributed by atoms with van der Waals surface area (Å²) in [6.07, 6.45) is -1.13. The van der Waals surface area contributed by atoms with Crippen molar-refractivity contribution in [2.24, 2.45) is 0 Å². The number of hydrogen-bond acceptors (Lipinski definition) is 5. The van der Waals surface area contributed by atoms with Crippen molar-refractivity contribution in [3.63, 3.8) is 0 Å². The van der Waals surface area contributed by atoms with Crippen LogP contribution in [0.2, 0.25) is 4.34 Å². The Bertz CT molecular complexity index is 987. The molecule has 0 spiro atoms. The molecular weight excluding hydrogens is 398 g/mol. The molecule has 0 bridgehead atoms. The lowest BCUT2D eigenvalue weighted by Gasteiger charge is -2.19. The van der Waals surface area contributed by atoms with Gasteiger partial charge in [0, 0.05) is 5.56 Å². The summed E-state index contributed by atoms with van der Waals surface area (Å²) >= 11 is 6.99. The number of ether oxygens (including phenoxy) is 2. The highest BCUT2D eigenvalue weighted by atomic mass is 35.5. The van der Waals surface area contributed by atoms with Crippen LogP contribution in [0.5, 0.6) is 5.75 Å². The minimum Gasteiger partial charge on any atom is -0.495 e. The summed E-state index contributed by atoms with van der Waals surface area (Å²) in [5.74, 6) is -0.578. The average Bonchev–Trinajstić information content (AvgIpc) is 3.13. The number of rotatable bonds is 6. The molecule has 3 aromatic rings. The molecule has 0 aliphatic heterocycles. The molecule has 3 rings (SSSR count). The number of carbonyl (C=O) groups is 2. The highest BCUT2D eigenvalue weighted by Gasteiger charge is 2.27. The van der Waals surface area contributed by atoms with Gasteiger partial charge in [-0.15, -0.1) is 11.3 Å². The van der Waals surface area contributed by atoms with Crippen molar-refractivity contribution >= 4 is 40.5 Å². The van der Waals surface area contributed by atoms with Gasteiger partial charge in [0.05, 0.1) is 17.1 Å². The molecule has 0 saturated carbocycles. The molecule has 0 fully saturated rings. The molecule has 0 aliphatic rings. The normalized spacial score (nSPS) is 11.5. The van der Waals surface area contributed by atoms with E-state index in [-0.39, 0.29) is 0 Å². The Hall–Kier alpha value is -2.83. The largest absolute Gasteiger partial charge is 0.495 e. The van der Waals surface area contributed by atoms with Crippen molar-refractivity contribution < 1.29 is 19.1 Å². The maximum Gasteiger partial charge on any atom is 0.349 e. The first-order valence-corrected chi connectivity index (χ1v) is 9.64. The number of thiophene rings is 1. The van der Waals surface area contributed by atoms with Gasteiger partial charge in [-0.25, -0.2) is 4.79 Å². The molecule has 144 valence electrons. The molecule has 0 saturated heterocycles. The number of amides is 1. The summed E-state index contributed by atoms with van der Waals surface area (Å²) in [5.41, 5.74) is 2.02. The van der Waals surface area contributed by atoms with E-state index in [1.165, 1.54) is 7.11 Å². The van der Waals surface area contributed by atoms with Gasteiger partial charge in [-0.1, -0.05) is 48.0 Å². The van der Waals surface area contributed by atoms with E-state index in [1.54, 1.807) is 48.5 Å². The molecule has 1 aromatic heterocycles. The van der Waals surface area contributed by atoms with Gasteiger partial charge < -0.3 is 14.8 Å². The average molecular weight is 416 g/mol. The first-order chi connectivity index (χ1) is 13.5. The minimum atomic E-state index is -1.13. The Morgan fingerprint density at radius 2 is 1.82 bits per heavy atom. The molecule has 1 N–H and O–H groups in total. The number of esters is 1. The van der Waals surface area contributed by atoms with Crippen molar-refractivity contribution in [2.45, 2.75) is 13.0 Å². The van der Waals surface area contributed by atoms with Crippen LogP contribution >= 0.6 is 22.9 Å². The van der Waals surface area contributed by atoms with E-state index in [0.717, 1.165) is 16.9 Å². The van der Waals surface area contributed by atoms with Crippen LogP contribution in [0, 0.1) is 6.92 Å². The van der Waals surface area contributed by atoms with E-state index in [0.29, 0.717) is 26.2 Å². The minimum absolute atomic E-state index is 0.326. The number of halogens is 1. The summed E-state index contributed by atoms with van der Waals surface area (Å²) in [7, 11) is 1.52. The lowest BCUT2D eigenvalue weighted by Crippen LogP contribution is -2.26. The topological polar surface area (TPSA) is 64.6 Å². The van der Waals surface area contributed by atoms with Crippen LogP contribution in [0.25, 0.3) is 0 Å². The molecule has 2 aromatic carbocycles. The second kappa shape index (κ2) is 8.91. The molecule has 5 nitrogen and oxygen atoms in total. The van der Waals surface area contributed by atoms with Crippen LogP contribution in [0.3, 0.4) is 0 Å². The zero-order valence-corrected chi connectivity index (χ0v) is 16.8. The number of benzene rings is 2.